The van der Waals surface area contributed by atoms with E-state index < -0.39 is 18.7 Å². The summed E-state index contributed by atoms with van der Waals surface area (Å²) in [4.78, 5) is 1.07. The van der Waals surface area contributed by atoms with Crippen molar-refractivity contribution >= 4 is 11.8 Å². The Morgan fingerprint density at radius 3 is 2.76 bits per heavy atom. The van der Waals surface area contributed by atoms with Gasteiger partial charge in [0.25, 0.3) is 0 Å². The van der Waals surface area contributed by atoms with E-state index in [0.29, 0.717) is 5.75 Å². The molecule has 0 aliphatic carbocycles. The summed E-state index contributed by atoms with van der Waals surface area (Å²) in [6.07, 6.45) is -6.24. The van der Waals surface area contributed by atoms with Crippen molar-refractivity contribution in [1.29, 1.82) is 0 Å². The highest BCUT2D eigenvalue weighted by Crippen LogP contribution is 2.42. The van der Waals surface area contributed by atoms with Crippen LogP contribution in [0.5, 0.6) is 0 Å². The SMILES string of the molecule is OC(CCC(F)(F)F)C1CSc2ccccc21. The summed E-state index contributed by atoms with van der Waals surface area (Å²) in [5.41, 5.74) is 0.979. The minimum atomic E-state index is -4.19. The minimum Gasteiger partial charge on any atom is -0.392 e. The van der Waals surface area contributed by atoms with Gasteiger partial charge in [0.2, 0.25) is 0 Å². The van der Waals surface area contributed by atoms with Crippen molar-refractivity contribution < 1.29 is 18.3 Å². The van der Waals surface area contributed by atoms with Gasteiger partial charge in [-0.15, -0.1) is 11.8 Å². The molecule has 1 aliphatic rings. The molecule has 0 amide bonds. The van der Waals surface area contributed by atoms with E-state index in [0.717, 1.165) is 10.5 Å². The molecule has 1 aromatic rings. The van der Waals surface area contributed by atoms with Gasteiger partial charge in [0.1, 0.15) is 0 Å². The van der Waals surface area contributed by atoms with Crippen molar-refractivity contribution in [1.82, 2.24) is 0 Å². The largest absolute Gasteiger partial charge is 0.392 e. The maximum Gasteiger partial charge on any atom is 0.389 e. The molecular formula is C12H13F3OS. The molecule has 0 spiro atoms. The van der Waals surface area contributed by atoms with E-state index in [1.807, 2.05) is 24.3 Å². The van der Waals surface area contributed by atoms with Crippen LogP contribution in [-0.2, 0) is 0 Å². The molecule has 1 N–H and O–H groups in total. The van der Waals surface area contributed by atoms with Gasteiger partial charge in [-0.3, -0.25) is 0 Å². The summed E-state index contributed by atoms with van der Waals surface area (Å²) in [7, 11) is 0. The zero-order chi connectivity index (χ0) is 12.5. The third-order valence-corrected chi connectivity index (χ3v) is 4.13. The Morgan fingerprint density at radius 2 is 2.06 bits per heavy atom. The fourth-order valence-corrected chi connectivity index (χ4v) is 3.34. The Hall–Kier alpha value is -0.680. The topological polar surface area (TPSA) is 20.2 Å². The molecule has 0 aromatic heterocycles. The van der Waals surface area contributed by atoms with Crippen molar-refractivity contribution in [2.45, 2.75) is 35.9 Å². The Balaban J connectivity index is 2.00. The lowest BCUT2D eigenvalue weighted by Gasteiger charge is -2.19. The highest BCUT2D eigenvalue weighted by atomic mass is 32.2. The van der Waals surface area contributed by atoms with E-state index in [4.69, 9.17) is 0 Å². The van der Waals surface area contributed by atoms with Crippen LogP contribution >= 0.6 is 11.8 Å². The molecule has 0 bridgehead atoms. The van der Waals surface area contributed by atoms with Crippen LogP contribution in [0.3, 0.4) is 0 Å². The molecule has 0 fully saturated rings. The average Bonchev–Trinajstić information content (AvgIpc) is 2.68. The van der Waals surface area contributed by atoms with E-state index >= 15 is 0 Å². The van der Waals surface area contributed by atoms with Gasteiger partial charge in [0, 0.05) is 23.0 Å². The predicted molar refractivity (Wildman–Crippen MR) is 61.2 cm³/mol. The van der Waals surface area contributed by atoms with E-state index in [1.165, 1.54) is 0 Å². The number of benzene rings is 1. The number of halogens is 3. The molecular weight excluding hydrogens is 249 g/mol. The van der Waals surface area contributed by atoms with Gasteiger partial charge in [0.15, 0.2) is 0 Å². The van der Waals surface area contributed by atoms with Gasteiger partial charge in [-0.25, -0.2) is 0 Å². The third kappa shape index (κ3) is 3.16. The van der Waals surface area contributed by atoms with Crippen molar-refractivity contribution in [3.8, 4) is 0 Å². The van der Waals surface area contributed by atoms with Crippen LogP contribution in [0.25, 0.3) is 0 Å². The molecule has 0 saturated heterocycles. The van der Waals surface area contributed by atoms with E-state index in [-0.39, 0.29) is 12.3 Å². The average molecular weight is 262 g/mol. The fourth-order valence-electron chi connectivity index (χ4n) is 2.02. The Kier molecular flexibility index (Phi) is 3.68. The maximum absolute atomic E-state index is 12.1. The van der Waals surface area contributed by atoms with Gasteiger partial charge in [-0.05, 0) is 18.1 Å². The first-order valence-electron chi connectivity index (χ1n) is 5.44. The standard InChI is InChI=1S/C12H13F3OS/c13-12(14,15)6-5-10(16)9-7-17-11-4-2-1-3-8(9)11/h1-4,9-10,16H,5-7H2. The second-order valence-corrected chi connectivity index (χ2v) is 5.24. The Morgan fingerprint density at radius 1 is 1.35 bits per heavy atom. The quantitative estimate of drug-likeness (QED) is 0.898. The smallest absolute Gasteiger partial charge is 0.389 e. The number of alkyl halides is 3. The first kappa shape index (κ1) is 12.8. The number of rotatable bonds is 3. The summed E-state index contributed by atoms with van der Waals surface area (Å²) >= 11 is 1.60. The van der Waals surface area contributed by atoms with Gasteiger partial charge in [0.05, 0.1) is 6.10 Å². The normalized spacial score (nSPS) is 21.3. The monoisotopic (exact) mass is 262 g/mol. The molecule has 2 atom stereocenters. The van der Waals surface area contributed by atoms with Crippen LogP contribution in [0.15, 0.2) is 29.2 Å². The molecule has 94 valence electrons. The molecule has 5 heteroatoms. The van der Waals surface area contributed by atoms with Crippen molar-refractivity contribution in [2.75, 3.05) is 5.75 Å². The molecule has 1 aliphatic heterocycles. The van der Waals surface area contributed by atoms with Crippen molar-refractivity contribution in [3.63, 3.8) is 0 Å². The van der Waals surface area contributed by atoms with Crippen LogP contribution in [0, 0.1) is 0 Å². The number of fused-ring (bicyclic) bond motifs is 1. The highest BCUT2D eigenvalue weighted by Gasteiger charge is 2.33. The summed E-state index contributed by atoms with van der Waals surface area (Å²) in [6.45, 7) is 0. The second kappa shape index (κ2) is 4.90. The van der Waals surface area contributed by atoms with Gasteiger partial charge >= 0.3 is 6.18 Å². The maximum atomic E-state index is 12.1. The summed E-state index contributed by atoms with van der Waals surface area (Å²) < 4.78 is 36.2. The fraction of sp³-hybridized carbons (Fsp3) is 0.500. The predicted octanol–water partition coefficient (Wildman–Crippen LogP) is 3.58. The van der Waals surface area contributed by atoms with Crippen molar-refractivity contribution in [2.24, 2.45) is 0 Å². The van der Waals surface area contributed by atoms with Crippen molar-refractivity contribution in [3.05, 3.63) is 29.8 Å². The van der Waals surface area contributed by atoms with Crippen LogP contribution < -0.4 is 0 Å². The number of thioether (sulfide) groups is 1. The summed E-state index contributed by atoms with van der Waals surface area (Å²) in [6, 6.07) is 7.58. The first-order chi connectivity index (χ1) is 7.97. The zero-order valence-electron chi connectivity index (χ0n) is 9.07. The Labute approximate surface area is 102 Å². The van der Waals surface area contributed by atoms with Gasteiger partial charge in [-0.1, -0.05) is 18.2 Å². The molecule has 17 heavy (non-hydrogen) atoms. The van der Waals surface area contributed by atoms with E-state index in [2.05, 4.69) is 0 Å². The number of aliphatic hydroxyl groups is 1. The number of hydrogen-bond donors (Lipinski definition) is 1. The van der Waals surface area contributed by atoms with E-state index in [1.54, 1.807) is 11.8 Å². The lowest BCUT2D eigenvalue weighted by atomic mass is 9.93. The lowest BCUT2D eigenvalue weighted by molar-refractivity contribution is -0.140. The number of aliphatic hydroxyl groups excluding tert-OH is 1. The molecule has 1 heterocycles. The molecule has 2 rings (SSSR count). The Bertz CT molecular complexity index is 392. The number of hydrogen-bond acceptors (Lipinski definition) is 2. The highest BCUT2D eigenvalue weighted by molar-refractivity contribution is 7.99. The molecule has 1 aromatic carbocycles. The summed E-state index contributed by atoms with van der Waals surface area (Å²) in [5, 5.41) is 9.85. The molecule has 0 radical (unpaired) electrons. The van der Waals surface area contributed by atoms with Crippen LogP contribution in [-0.4, -0.2) is 23.1 Å². The molecule has 2 unspecified atom stereocenters. The lowest BCUT2D eigenvalue weighted by Crippen LogP contribution is -2.21. The first-order valence-corrected chi connectivity index (χ1v) is 6.42. The van der Waals surface area contributed by atoms with Crippen LogP contribution in [0.2, 0.25) is 0 Å². The molecule has 0 saturated carbocycles. The van der Waals surface area contributed by atoms with Crippen LogP contribution in [0.4, 0.5) is 13.2 Å². The second-order valence-electron chi connectivity index (χ2n) is 4.18. The minimum absolute atomic E-state index is 0.168. The van der Waals surface area contributed by atoms with Crippen LogP contribution in [0.1, 0.15) is 24.3 Å². The third-order valence-electron chi connectivity index (χ3n) is 2.92. The summed E-state index contributed by atoms with van der Waals surface area (Å²) in [5.74, 6) is 0.497. The zero-order valence-corrected chi connectivity index (χ0v) is 9.89. The van der Waals surface area contributed by atoms with Gasteiger partial charge < -0.3 is 5.11 Å². The van der Waals surface area contributed by atoms with Gasteiger partial charge in [-0.2, -0.15) is 13.2 Å². The molecule has 1 nitrogen and oxygen atoms in total. The van der Waals surface area contributed by atoms with E-state index in [9.17, 15) is 18.3 Å².